The Kier molecular flexibility index (Phi) is 2.44. The first-order valence-corrected chi connectivity index (χ1v) is 5.11. The molecule has 80 valence electrons. The molecule has 0 radical (unpaired) electrons. The van der Waals surface area contributed by atoms with Crippen molar-refractivity contribution in [3.8, 4) is 0 Å². The van der Waals surface area contributed by atoms with Gasteiger partial charge in [-0.3, -0.25) is 4.79 Å². The van der Waals surface area contributed by atoms with Crippen LogP contribution in [0.3, 0.4) is 0 Å². The number of H-pyrrole nitrogens is 1. The highest BCUT2D eigenvalue weighted by Gasteiger charge is 2.52. The van der Waals surface area contributed by atoms with Gasteiger partial charge in [-0.05, 0) is 12.8 Å². The lowest BCUT2D eigenvalue weighted by Gasteiger charge is -2.12. The number of amides is 1. The van der Waals surface area contributed by atoms with Crippen molar-refractivity contribution in [2.75, 3.05) is 0 Å². The summed E-state index contributed by atoms with van der Waals surface area (Å²) in [5.74, 6) is -0.0791. The van der Waals surface area contributed by atoms with Gasteiger partial charge in [-0.15, -0.1) is 0 Å². The number of thiocarbonyl (C=S) groups is 1. The molecule has 0 unspecified atom stereocenters. The Morgan fingerprint density at radius 3 is 2.93 bits per heavy atom. The summed E-state index contributed by atoms with van der Waals surface area (Å²) in [6.45, 7) is 0.434. The number of aromatic nitrogens is 2. The van der Waals surface area contributed by atoms with E-state index in [4.69, 9.17) is 18.0 Å². The van der Waals surface area contributed by atoms with E-state index in [1.807, 2.05) is 0 Å². The van der Waals surface area contributed by atoms with Gasteiger partial charge >= 0.3 is 0 Å². The van der Waals surface area contributed by atoms with Crippen molar-refractivity contribution in [3.63, 3.8) is 0 Å². The lowest BCUT2D eigenvalue weighted by molar-refractivity contribution is -0.124. The number of carbonyl (C=O) groups is 1. The molecule has 15 heavy (non-hydrogen) atoms. The number of imidazole rings is 1. The van der Waals surface area contributed by atoms with Gasteiger partial charge in [0.15, 0.2) is 0 Å². The zero-order chi connectivity index (χ0) is 10.9. The zero-order valence-electron chi connectivity index (χ0n) is 8.12. The van der Waals surface area contributed by atoms with Crippen LogP contribution in [0.1, 0.15) is 18.5 Å². The van der Waals surface area contributed by atoms with Crippen LogP contribution in [0.2, 0.25) is 0 Å². The van der Waals surface area contributed by atoms with Gasteiger partial charge in [0.1, 0.15) is 0 Å². The van der Waals surface area contributed by atoms with Crippen molar-refractivity contribution < 1.29 is 4.79 Å². The van der Waals surface area contributed by atoms with Crippen molar-refractivity contribution in [1.29, 1.82) is 0 Å². The van der Waals surface area contributed by atoms with Crippen LogP contribution >= 0.6 is 12.2 Å². The molecular formula is C9H12N4OS. The van der Waals surface area contributed by atoms with Crippen LogP contribution < -0.4 is 11.1 Å². The summed E-state index contributed by atoms with van der Waals surface area (Å²) >= 11 is 4.88. The summed E-state index contributed by atoms with van der Waals surface area (Å²) in [4.78, 5) is 18.8. The molecule has 1 aromatic rings. The molecule has 0 spiro atoms. The Hall–Kier alpha value is -1.43. The van der Waals surface area contributed by atoms with Crippen molar-refractivity contribution >= 4 is 23.1 Å². The fourth-order valence-electron chi connectivity index (χ4n) is 1.44. The Bertz CT molecular complexity index is 383. The van der Waals surface area contributed by atoms with Crippen molar-refractivity contribution in [2.45, 2.75) is 19.4 Å². The number of nitrogens with one attached hydrogen (secondary N) is 2. The fraction of sp³-hybridized carbons (Fsp3) is 0.444. The summed E-state index contributed by atoms with van der Waals surface area (Å²) in [6, 6.07) is 0. The van der Waals surface area contributed by atoms with Crippen LogP contribution in [-0.4, -0.2) is 20.9 Å². The van der Waals surface area contributed by atoms with Crippen molar-refractivity contribution in [2.24, 2.45) is 11.1 Å². The highest BCUT2D eigenvalue weighted by molar-refractivity contribution is 7.80. The number of hydrogen-bond acceptors (Lipinski definition) is 3. The molecule has 0 bridgehead atoms. The van der Waals surface area contributed by atoms with E-state index in [-0.39, 0.29) is 5.91 Å². The molecule has 4 N–H and O–H groups in total. The van der Waals surface area contributed by atoms with E-state index in [1.54, 1.807) is 12.5 Å². The van der Waals surface area contributed by atoms with Crippen LogP contribution in [0, 0.1) is 5.41 Å². The monoisotopic (exact) mass is 224 g/mol. The quantitative estimate of drug-likeness (QED) is 0.633. The van der Waals surface area contributed by atoms with Crippen LogP contribution in [0.4, 0.5) is 0 Å². The molecule has 0 aromatic carbocycles. The first-order valence-electron chi connectivity index (χ1n) is 4.70. The third-order valence-corrected chi connectivity index (χ3v) is 3.04. The minimum Gasteiger partial charge on any atom is -0.392 e. The molecule has 1 amide bonds. The third kappa shape index (κ3) is 1.85. The fourth-order valence-corrected chi connectivity index (χ4v) is 1.73. The predicted octanol–water partition coefficient (Wildman–Crippen LogP) is 0.0922. The Labute approximate surface area is 92.5 Å². The number of aromatic amines is 1. The summed E-state index contributed by atoms with van der Waals surface area (Å²) in [5.41, 5.74) is 5.82. The lowest BCUT2D eigenvalue weighted by atomic mass is 10.1. The topological polar surface area (TPSA) is 83.8 Å². The van der Waals surface area contributed by atoms with Crippen molar-refractivity contribution in [3.05, 3.63) is 18.2 Å². The second kappa shape index (κ2) is 3.62. The molecule has 1 saturated carbocycles. The second-order valence-corrected chi connectivity index (χ2v) is 4.15. The van der Waals surface area contributed by atoms with E-state index in [9.17, 15) is 4.79 Å². The minimum absolute atomic E-state index is 0.0791. The Morgan fingerprint density at radius 2 is 2.47 bits per heavy atom. The van der Waals surface area contributed by atoms with Gasteiger partial charge in [0.05, 0.1) is 29.0 Å². The minimum atomic E-state index is -0.574. The molecule has 0 aliphatic heterocycles. The highest BCUT2D eigenvalue weighted by atomic mass is 32.1. The molecule has 2 rings (SSSR count). The van der Waals surface area contributed by atoms with E-state index in [2.05, 4.69) is 15.3 Å². The zero-order valence-corrected chi connectivity index (χ0v) is 8.93. The molecule has 0 atom stereocenters. The van der Waals surface area contributed by atoms with Gasteiger partial charge < -0.3 is 16.0 Å². The Morgan fingerprint density at radius 1 is 1.73 bits per heavy atom. The first-order chi connectivity index (χ1) is 7.15. The summed E-state index contributed by atoms with van der Waals surface area (Å²) in [5, 5.41) is 2.79. The Balaban J connectivity index is 1.91. The molecule has 1 aromatic heterocycles. The van der Waals surface area contributed by atoms with Crippen LogP contribution in [-0.2, 0) is 11.3 Å². The first kappa shape index (κ1) is 10.1. The number of hydrogen-bond donors (Lipinski definition) is 3. The van der Waals surface area contributed by atoms with E-state index >= 15 is 0 Å². The van der Waals surface area contributed by atoms with Gasteiger partial charge in [-0.1, -0.05) is 12.2 Å². The number of nitrogens with two attached hydrogens (primary N) is 1. The molecule has 1 aliphatic rings. The molecule has 1 aliphatic carbocycles. The van der Waals surface area contributed by atoms with Gasteiger partial charge in [0, 0.05) is 6.20 Å². The lowest BCUT2D eigenvalue weighted by Crippen LogP contribution is -2.39. The molecule has 0 saturated heterocycles. The second-order valence-electron chi connectivity index (χ2n) is 3.71. The number of nitrogens with zero attached hydrogens (tertiary/aromatic N) is 1. The van der Waals surface area contributed by atoms with E-state index in [0.717, 1.165) is 18.5 Å². The molecule has 1 fully saturated rings. The maximum absolute atomic E-state index is 11.8. The summed E-state index contributed by atoms with van der Waals surface area (Å²) in [6.07, 6.45) is 4.76. The smallest absolute Gasteiger partial charge is 0.233 e. The van der Waals surface area contributed by atoms with Crippen LogP contribution in [0.5, 0.6) is 0 Å². The predicted molar refractivity (Wildman–Crippen MR) is 58.9 cm³/mol. The van der Waals surface area contributed by atoms with Gasteiger partial charge in [0.25, 0.3) is 0 Å². The average molecular weight is 224 g/mol. The molecular weight excluding hydrogens is 212 g/mol. The van der Waals surface area contributed by atoms with E-state index in [1.165, 1.54) is 0 Å². The molecule has 5 nitrogen and oxygen atoms in total. The maximum atomic E-state index is 11.8. The highest BCUT2D eigenvalue weighted by Crippen LogP contribution is 2.46. The summed E-state index contributed by atoms with van der Waals surface area (Å²) in [7, 11) is 0. The van der Waals surface area contributed by atoms with Gasteiger partial charge in [-0.2, -0.15) is 0 Å². The largest absolute Gasteiger partial charge is 0.392 e. The van der Waals surface area contributed by atoms with Crippen molar-refractivity contribution in [1.82, 2.24) is 15.3 Å². The average Bonchev–Trinajstić information content (AvgIpc) is 2.87. The number of carbonyl (C=O) groups excluding carboxylic acids is 1. The van der Waals surface area contributed by atoms with E-state index in [0.29, 0.717) is 11.5 Å². The number of rotatable bonds is 4. The van der Waals surface area contributed by atoms with Gasteiger partial charge in [-0.25, -0.2) is 4.98 Å². The third-order valence-electron chi connectivity index (χ3n) is 2.65. The molecule has 1 heterocycles. The van der Waals surface area contributed by atoms with Crippen LogP contribution in [0.15, 0.2) is 12.5 Å². The standard InChI is InChI=1S/C9H12N4OS/c10-7(15)9(1-2-9)8(14)12-4-6-3-11-5-13-6/h3,5H,1-2,4H2,(H2,10,15)(H,11,13)(H,12,14). The summed E-state index contributed by atoms with van der Waals surface area (Å²) < 4.78 is 0. The SMILES string of the molecule is NC(=S)C1(C(=O)NCc2cnc[nH]2)CC1. The molecule has 6 heteroatoms. The maximum Gasteiger partial charge on any atom is 0.233 e. The van der Waals surface area contributed by atoms with Gasteiger partial charge in [0.2, 0.25) is 5.91 Å². The van der Waals surface area contributed by atoms with Crippen LogP contribution in [0.25, 0.3) is 0 Å². The van der Waals surface area contributed by atoms with E-state index < -0.39 is 5.41 Å². The normalized spacial score (nSPS) is 17.1.